The highest BCUT2D eigenvalue weighted by atomic mass is 32.2. The number of hydrogen-bond donors (Lipinski definition) is 1. The van der Waals surface area contributed by atoms with E-state index in [2.05, 4.69) is 12.2 Å². The van der Waals surface area contributed by atoms with Crippen molar-refractivity contribution in [2.45, 2.75) is 38.5 Å². The Balaban J connectivity index is 2.31. The van der Waals surface area contributed by atoms with E-state index in [0.717, 1.165) is 12.8 Å². The molecule has 0 aliphatic rings. The van der Waals surface area contributed by atoms with E-state index >= 15 is 0 Å². The number of aryl methyl sites for hydroxylation is 1. The van der Waals surface area contributed by atoms with Crippen LogP contribution in [-0.2, 0) is 17.1 Å². The summed E-state index contributed by atoms with van der Waals surface area (Å²) in [6.45, 7) is 6.87. The molecule has 0 fully saturated rings. The van der Waals surface area contributed by atoms with E-state index in [-0.39, 0.29) is 10.6 Å². The van der Waals surface area contributed by atoms with Gasteiger partial charge in [-0.15, -0.1) is 0 Å². The maximum absolute atomic E-state index is 12.9. The molecule has 0 unspecified atom stereocenters. The molecular formula is C21H31N3O5S. The molecule has 30 heavy (non-hydrogen) atoms. The van der Waals surface area contributed by atoms with Crippen molar-refractivity contribution >= 4 is 21.6 Å². The van der Waals surface area contributed by atoms with Crippen LogP contribution in [0.1, 0.15) is 44.1 Å². The fourth-order valence-corrected chi connectivity index (χ4v) is 4.52. The van der Waals surface area contributed by atoms with Gasteiger partial charge in [-0.05, 0) is 24.6 Å². The quantitative estimate of drug-likeness (QED) is 0.544. The summed E-state index contributed by atoms with van der Waals surface area (Å²) in [6.07, 6.45) is 3.33. The van der Waals surface area contributed by atoms with Crippen molar-refractivity contribution in [2.24, 2.45) is 7.05 Å². The molecule has 1 aromatic carbocycles. The lowest BCUT2D eigenvalue weighted by atomic mass is 10.2. The third-order valence-electron chi connectivity index (χ3n) is 4.75. The number of unbranched alkanes of at least 4 members (excludes halogenated alkanes) is 1. The Morgan fingerprint density at radius 1 is 1.17 bits per heavy atom. The van der Waals surface area contributed by atoms with Crippen LogP contribution in [0.4, 0.5) is 5.69 Å². The van der Waals surface area contributed by atoms with Gasteiger partial charge in [0, 0.05) is 32.4 Å². The van der Waals surface area contributed by atoms with E-state index in [1.165, 1.54) is 21.1 Å². The zero-order chi connectivity index (χ0) is 22.3. The number of hydrogen-bond acceptors (Lipinski definition) is 5. The van der Waals surface area contributed by atoms with Gasteiger partial charge in [-0.1, -0.05) is 27.2 Å². The minimum absolute atomic E-state index is 0.0870. The van der Waals surface area contributed by atoms with Gasteiger partial charge in [0.15, 0.2) is 0 Å². The molecule has 2 aromatic rings. The zero-order valence-electron chi connectivity index (χ0n) is 18.3. The second kappa shape index (κ2) is 10.5. The molecule has 1 N–H and O–H groups in total. The molecule has 1 heterocycles. The Morgan fingerprint density at radius 3 is 2.47 bits per heavy atom. The molecule has 0 saturated carbocycles. The van der Waals surface area contributed by atoms with Gasteiger partial charge in [0.05, 0.1) is 19.4 Å². The monoisotopic (exact) mass is 437 g/mol. The topological polar surface area (TPSA) is 89.9 Å². The van der Waals surface area contributed by atoms with E-state index in [1.54, 1.807) is 46.2 Å². The summed E-state index contributed by atoms with van der Waals surface area (Å²) in [6, 6.07) is 6.57. The van der Waals surface area contributed by atoms with Crippen molar-refractivity contribution in [2.75, 3.05) is 32.1 Å². The molecule has 0 saturated heterocycles. The highest BCUT2D eigenvalue weighted by molar-refractivity contribution is 7.89. The number of amides is 1. The summed E-state index contributed by atoms with van der Waals surface area (Å²) < 4.78 is 39.4. The summed E-state index contributed by atoms with van der Waals surface area (Å²) in [5.41, 5.74) is 0.688. The predicted molar refractivity (Wildman–Crippen MR) is 117 cm³/mol. The van der Waals surface area contributed by atoms with E-state index in [9.17, 15) is 13.2 Å². The lowest BCUT2D eigenvalue weighted by Gasteiger charge is -2.17. The van der Waals surface area contributed by atoms with Crippen LogP contribution < -0.4 is 14.8 Å². The first-order valence-electron chi connectivity index (χ1n) is 10.1. The first kappa shape index (κ1) is 23.8. The van der Waals surface area contributed by atoms with Crippen LogP contribution in [0.25, 0.3) is 0 Å². The summed E-state index contributed by atoms with van der Waals surface area (Å²) in [4.78, 5) is 13.0. The molecule has 9 heteroatoms. The van der Waals surface area contributed by atoms with Gasteiger partial charge >= 0.3 is 0 Å². The van der Waals surface area contributed by atoms with Crippen molar-refractivity contribution < 1.29 is 22.7 Å². The molecule has 0 aliphatic carbocycles. The van der Waals surface area contributed by atoms with Crippen molar-refractivity contribution in [3.05, 3.63) is 36.2 Å². The highest BCUT2D eigenvalue weighted by Gasteiger charge is 2.25. The van der Waals surface area contributed by atoms with E-state index in [4.69, 9.17) is 9.47 Å². The van der Waals surface area contributed by atoms with Crippen LogP contribution in [0, 0.1) is 0 Å². The highest BCUT2D eigenvalue weighted by Crippen LogP contribution is 2.30. The molecule has 166 valence electrons. The largest absolute Gasteiger partial charge is 0.497 e. The molecule has 1 aromatic heterocycles. The summed E-state index contributed by atoms with van der Waals surface area (Å²) >= 11 is 0. The molecule has 0 atom stereocenters. The van der Waals surface area contributed by atoms with Gasteiger partial charge in [-0.2, -0.15) is 4.31 Å². The predicted octanol–water partition coefficient (Wildman–Crippen LogP) is 3.50. The molecule has 1 amide bonds. The number of aromatic nitrogens is 1. The van der Waals surface area contributed by atoms with Crippen LogP contribution in [0.15, 0.2) is 35.4 Å². The number of carbonyl (C=O) groups excluding carboxylic acids is 1. The maximum atomic E-state index is 12.9. The Bertz CT molecular complexity index is 965. The molecule has 0 spiro atoms. The molecule has 0 bridgehead atoms. The minimum Gasteiger partial charge on any atom is -0.497 e. The van der Waals surface area contributed by atoms with Gasteiger partial charge < -0.3 is 19.4 Å². The smallest absolute Gasteiger partial charge is 0.272 e. The Kier molecular flexibility index (Phi) is 8.31. The van der Waals surface area contributed by atoms with Crippen molar-refractivity contribution in [3.63, 3.8) is 0 Å². The third kappa shape index (κ3) is 5.34. The van der Waals surface area contributed by atoms with Crippen molar-refractivity contribution in [1.29, 1.82) is 0 Å². The minimum atomic E-state index is -3.66. The molecule has 0 aliphatic heterocycles. The standard InChI is InChI=1S/C21H31N3O5S/c1-6-9-12-29-20-11-10-16(28-5)13-18(20)22-21(25)19-14-17(15-23(19)4)30(26,27)24(7-2)8-3/h10-11,13-15H,6-9,12H2,1-5H3,(H,22,25). The summed E-state index contributed by atoms with van der Waals surface area (Å²) in [5, 5.41) is 2.82. The molecule has 2 rings (SSSR count). The van der Waals surface area contributed by atoms with Crippen LogP contribution in [0.5, 0.6) is 11.5 Å². The van der Waals surface area contributed by atoms with Gasteiger partial charge in [0.1, 0.15) is 22.1 Å². The van der Waals surface area contributed by atoms with Gasteiger partial charge in [0.25, 0.3) is 5.91 Å². The first-order valence-corrected chi connectivity index (χ1v) is 11.5. The van der Waals surface area contributed by atoms with Gasteiger partial charge in [-0.25, -0.2) is 8.42 Å². The van der Waals surface area contributed by atoms with Crippen LogP contribution in [0.2, 0.25) is 0 Å². The van der Waals surface area contributed by atoms with E-state index in [1.807, 2.05) is 0 Å². The number of benzene rings is 1. The number of methoxy groups -OCH3 is 1. The average molecular weight is 438 g/mol. The molecule has 0 radical (unpaired) electrons. The van der Waals surface area contributed by atoms with Crippen LogP contribution in [0.3, 0.4) is 0 Å². The number of carbonyl (C=O) groups is 1. The number of sulfonamides is 1. The summed E-state index contributed by atoms with van der Waals surface area (Å²) in [5.74, 6) is 0.666. The van der Waals surface area contributed by atoms with E-state index in [0.29, 0.717) is 36.9 Å². The van der Waals surface area contributed by atoms with Crippen molar-refractivity contribution in [1.82, 2.24) is 8.87 Å². The number of ether oxygens (including phenoxy) is 2. The molecule has 8 nitrogen and oxygen atoms in total. The zero-order valence-corrected chi connectivity index (χ0v) is 19.1. The fourth-order valence-electron chi connectivity index (χ4n) is 2.99. The second-order valence-corrected chi connectivity index (χ2v) is 8.72. The SMILES string of the molecule is CCCCOc1ccc(OC)cc1NC(=O)c1cc(S(=O)(=O)N(CC)CC)cn1C. The molecular weight excluding hydrogens is 406 g/mol. The third-order valence-corrected chi connectivity index (χ3v) is 6.76. The van der Waals surface area contributed by atoms with E-state index < -0.39 is 15.9 Å². The maximum Gasteiger partial charge on any atom is 0.272 e. The van der Waals surface area contributed by atoms with Crippen LogP contribution in [-0.4, -0.2) is 50.0 Å². The Morgan fingerprint density at radius 2 is 1.87 bits per heavy atom. The Labute approximate surface area is 178 Å². The number of nitrogens with one attached hydrogen (secondary N) is 1. The first-order chi connectivity index (χ1) is 14.3. The van der Waals surface area contributed by atoms with Crippen LogP contribution >= 0.6 is 0 Å². The summed E-state index contributed by atoms with van der Waals surface area (Å²) in [7, 11) is -0.474. The van der Waals surface area contributed by atoms with Crippen molar-refractivity contribution in [3.8, 4) is 11.5 Å². The average Bonchev–Trinajstić information content (AvgIpc) is 3.12. The number of anilines is 1. The lowest BCUT2D eigenvalue weighted by molar-refractivity contribution is 0.101. The normalized spacial score (nSPS) is 11.5. The number of nitrogens with zero attached hydrogens (tertiary/aromatic N) is 2. The Hall–Kier alpha value is -2.52. The van der Waals surface area contributed by atoms with Gasteiger partial charge in [0.2, 0.25) is 10.0 Å². The number of rotatable bonds is 11. The fraction of sp³-hybridized carbons (Fsp3) is 0.476. The lowest BCUT2D eigenvalue weighted by Crippen LogP contribution is -2.30. The van der Waals surface area contributed by atoms with Gasteiger partial charge in [-0.3, -0.25) is 4.79 Å². The second-order valence-electron chi connectivity index (χ2n) is 6.78.